The topological polar surface area (TPSA) is 54.3 Å². The first kappa shape index (κ1) is 21.6. The summed E-state index contributed by atoms with van der Waals surface area (Å²) in [5, 5.41) is 5.62. The van der Waals surface area contributed by atoms with Crippen LogP contribution in [0.1, 0.15) is 30.4 Å². The minimum atomic E-state index is -0.0943. The van der Waals surface area contributed by atoms with Crippen molar-refractivity contribution in [1.29, 1.82) is 0 Å². The van der Waals surface area contributed by atoms with Gasteiger partial charge in [0, 0.05) is 30.4 Å². The zero-order valence-electron chi connectivity index (χ0n) is 15.7. The Hall–Kier alpha value is -1.67. The van der Waals surface area contributed by atoms with Crippen LogP contribution in [0.2, 0.25) is 5.02 Å². The van der Waals surface area contributed by atoms with Gasteiger partial charge in [-0.2, -0.15) is 5.10 Å². The van der Waals surface area contributed by atoms with Crippen LogP contribution in [-0.4, -0.2) is 52.8 Å². The molecule has 146 valence electrons. The Morgan fingerprint density at radius 1 is 1.26 bits per heavy atom. The molecule has 2 aromatic heterocycles. The smallest absolute Gasteiger partial charge is 0.278 e. The lowest BCUT2D eigenvalue weighted by atomic mass is 10.3. The van der Waals surface area contributed by atoms with E-state index in [2.05, 4.69) is 10.1 Å². The second-order valence-electron chi connectivity index (χ2n) is 6.62. The van der Waals surface area contributed by atoms with Gasteiger partial charge in [0.2, 0.25) is 0 Å². The molecule has 0 bridgehead atoms. The van der Waals surface area contributed by atoms with Crippen LogP contribution in [0.4, 0.5) is 5.13 Å². The van der Waals surface area contributed by atoms with Crippen LogP contribution in [0.25, 0.3) is 10.2 Å². The van der Waals surface area contributed by atoms with Gasteiger partial charge in [0.1, 0.15) is 5.69 Å². The van der Waals surface area contributed by atoms with E-state index in [0.29, 0.717) is 22.4 Å². The van der Waals surface area contributed by atoms with Gasteiger partial charge in [-0.15, -0.1) is 12.4 Å². The number of nitrogens with zero attached hydrogens (tertiary/aromatic N) is 5. The average molecular weight is 428 g/mol. The molecule has 0 saturated heterocycles. The Morgan fingerprint density at radius 3 is 2.67 bits per heavy atom. The van der Waals surface area contributed by atoms with Crippen LogP contribution in [0.3, 0.4) is 0 Å². The summed E-state index contributed by atoms with van der Waals surface area (Å²) in [4.78, 5) is 21.7. The monoisotopic (exact) mass is 427 g/mol. The van der Waals surface area contributed by atoms with Crippen LogP contribution < -0.4 is 4.90 Å². The van der Waals surface area contributed by atoms with Crippen molar-refractivity contribution in [3.05, 3.63) is 41.2 Å². The molecule has 0 aliphatic heterocycles. The fourth-order valence-electron chi connectivity index (χ4n) is 2.62. The van der Waals surface area contributed by atoms with Crippen LogP contribution in [-0.2, 0) is 0 Å². The molecule has 0 atom stereocenters. The van der Waals surface area contributed by atoms with Crippen molar-refractivity contribution < 1.29 is 4.79 Å². The summed E-state index contributed by atoms with van der Waals surface area (Å²) < 4.78 is 2.71. The second kappa shape index (κ2) is 9.01. The van der Waals surface area contributed by atoms with Gasteiger partial charge in [-0.1, -0.05) is 22.9 Å². The van der Waals surface area contributed by atoms with Crippen LogP contribution in [0, 0.1) is 0 Å². The number of likely N-dealkylation sites (N-methyl/N-ethyl adjacent to an activating group) is 1. The summed E-state index contributed by atoms with van der Waals surface area (Å²) in [5.74, 6) is -0.0943. The molecule has 1 aromatic carbocycles. The van der Waals surface area contributed by atoms with E-state index >= 15 is 0 Å². The predicted molar refractivity (Wildman–Crippen MR) is 115 cm³/mol. The van der Waals surface area contributed by atoms with E-state index in [1.807, 2.05) is 51.0 Å². The minimum absolute atomic E-state index is 0. The van der Waals surface area contributed by atoms with Gasteiger partial charge in [-0.05, 0) is 52.2 Å². The number of hydrogen-bond acceptors (Lipinski definition) is 5. The third kappa shape index (κ3) is 4.79. The van der Waals surface area contributed by atoms with Crippen molar-refractivity contribution in [3.63, 3.8) is 0 Å². The van der Waals surface area contributed by atoms with Gasteiger partial charge in [0.05, 0.1) is 10.2 Å². The molecule has 0 aliphatic rings. The molecule has 2 heterocycles. The Balaban J connectivity index is 0.00000261. The van der Waals surface area contributed by atoms with Gasteiger partial charge in [-0.25, -0.2) is 4.98 Å². The number of thiazole rings is 1. The number of hydrogen-bond donors (Lipinski definition) is 0. The highest BCUT2D eigenvalue weighted by Crippen LogP contribution is 2.31. The molecule has 0 spiro atoms. The van der Waals surface area contributed by atoms with Crippen LogP contribution in [0.5, 0.6) is 0 Å². The van der Waals surface area contributed by atoms with Crippen molar-refractivity contribution >= 4 is 56.6 Å². The van der Waals surface area contributed by atoms with Crippen molar-refractivity contribution in [1.82, 2.24) is 19.7 Å². The molecular weight excluding hydrogens is 405 g/mol. The maximum atomic E-state index is 13.3. The molecule has 9 heteroatoms. The highest BCUT2D eigenvalue weighted by atomic mass is 35.5. The number of carbonyl (C=O) groups is 1. The van der Waals surface area contributed by atoms with E-state index in [4.69, 9.17) is 11.6 Å². The lowest BCUT2D eigenvalue weighted by molar-refractivity contribution is 0.0973. The van der Waals surface area contributed by atoms with Gasteiger partial charge >= 0.3 is 0 Å². The first-order valence-electron chi connectivity index (χ1n) is 8.43. The van der Waals surface area contributed by atoms with Gasteiger partial charge in [0.25, 0.3) is 5.91 Å². The highest BCUT2D eigenvalue weighted by Gasteiger charge is 2.25. The number of aromatic nitrogens is 3. The molecule has 0 fully saturated rings. The maximum Gasteiger partial charge on any atom is 0.278 e. The van der Waals surface area contributed by atoms with Crippen molar-refractivity contribution in [3.8, 4) is 0 Å². The summed E-state index contributed by atoms with van der Waals surface area (Å²) in [5.41, 5.74) is 1.41. The molecule has 3 aromatic rings. The summed E-state index contributed by atoms with van der Waals surface area (Å²) in [6.45, 7) is 5.29. The third-order valence-corrected chi connectivity index (χ3v) is 5.24. The normalized spacial score (nSPS) is 11.2. The molecule has 1 amide bonds. The quantitative estimate of drug-likeness (QED) is 0.586. The van der Waals surface area contributed by atoms with Crippen molar-refractivity contribution in [2.75, 3.05) is 32.1 Å². The number of halogens is 2. The Bertz CT molecular complexity index is 922. The SMILES string of the molecule is CC(C)n1nccc1C(=O)N(CCN(C)C)c1nc2ccc(Cl)cc2s1.Cl. The first-order valence-corrected chi connectivity index (χ1v) is 9.62. The van der Waals surface area contributed by atoms with Crippen LogP contribution >= 0.6 is 35.3 Å². The fraction of sp³-hybridized carbons (Fsp3) is 0.389. The number of anilines is 1. The summed E-state index contributed by atoms with van der Waals surface area (Å²) in [6, 6.07) is 7.44. The molecule has 27 heavy (non-hydrogen) atoms. The third-order valence-electron chi connectivity index (χ3n) is 3.96. The molecule has 0 radical (unpaired) electrons. The first-order chi connectivity index (χ1) is 12.4. The highest BCUT2D eigenvalue weighted by molar-refractivity contribution is 7.22. The molecule has 0 unspecified atom stereocenters. The Labute approximate surface area is 174 Å². The summed E-state index contributed by atoms with van der Waals surface area (Å²) in [6.07, 6.45) is 1.66. The molecular formula is C18H23Cl2N5OS. The van der Waals surface area contributed by atoms with E-state index in [1.165, 1.54) is 11.3 Å². The summed E-state index contributed by atoms with van der Waals surface area (Å²) in [7, 11) is 3.97. The zero-order valence-corrected chi connectivity index (χ0v) is 18.1. The minimum Gasteiger partial charge on any atom is -0.308 e. The van der Waals surface area contributed by atoms with E-state index in [1.54, 1.807) is 21.8 Å². The van der Waals surface area contributed by atoms with Gasteiger partial charge < -0.3 is 4.90 Å². The number of rotatable bonds is 6. The second-order valence-corrected chi connectivity index (χ2v) is 8.07. The van der Waals surface area contributed by atoms with Crippen molar-refractivity contribution in [2.24, 2.45) is 0 Å². The van der Waals surface area contributed by atoms with Crippen LogP contribution in [0.15, 0.2) is 30.5 Å². The number of carbonyl (C=O) groups excluding carboxylic acids is 1. The molecule has 0 saturated carbocycles. The Morgan fingerprint density at radius 2 is 2.00 bits per heavy atom. The van der Waals surface area contributed by atoms with Crippen molar-refractivity contribution in [2.45, 2.75) is 19.9 Å². The van der Waals surface area contributed by atoms with E-state index in [-0.39, 0.29) is 24.4 Å². The lowest BCUT2D eigenvalue weighted by Gasteiger charge is -2.22. The lowest BCUT2D eigenvalue weighted by Crippen LogP contribution is -2.38. The largest absolute Gasteiger partial charge is 0.308 e. The summed E-state index contributed by atoms with van der Waals surface area (Å²) >= 11 is 7.56. The molecule has 0 aliphatic carbocycles. The molecule has 3 rings (SSSR count). The number of fused-ring (bicyclic) bond motifs is 1. The Kier molecular flexibility index (Phi) is 7.22. The average Bonchev–Trinajstić information content (AvgIpc) is 3.20. The zero-order chi connectivity index (χ0) is 18.8. The van der Waals surface area contributed by atoms with Gasteiger partial charge in [-0.3, -0.25) is 14.4 Å². The molecule has 0 N–H and O–H groups in total. The van der Waals surface area contributed by atoms with Gasteiger partial charge in [0.15, 0.2) is 5.13 Å². The van der Waals surface area contributed by atoms with E-state index in [0.717, 1.165) is 16.8 Å². The fourth-order valence-corrected chi connectivity index (χ4v) is 3.89. The maximum absolute atomic E-state index is 13.3. The number of benzene rings is 1. The van der Waals surface area contributed by atoms with E-state index in [9.17, 15) is 4.79 Å². The number of amides is 1. The standard InChI is InChI=1S/C18H22ClN5OS.ClH/c1-12(2)24-15(7-8-20-24)17(25)23(10-9-22(3)4)18-21-14-6-5-13(19)11-16(14)26-18;/h5-8,11-12H,9-10H2,1-4H3;1H. The molecule has 6 nitrogen and oxygen atoms in total. The van der Waals surface area contributed by atoms with E-state index < -0.39 is 0 Å². The predicted octanol–water partition coefficient (Wildman–Crippen LogP) is 4.36.